The Labute approximate surface area is 235 Å². The lowest BCUT2D eigenvalue weighted by molar-refractivity contribution is -0.139. The second kappa shape index (κ2) is 12.7. The first-order valence-corrected chi connectivity index (χ1v) is 15.0. The van der Waals surface area contributed by atoms with Crippen LogP contribution in [-0.2, 0) is 26.2 Å². The van der Waals surface area contributed by atoms with E-state index in [0.717, 1.165) is 41.1 Å². The SMILES string of the molecule is Cc1ccccc1CN(C(=O)CN(c1ccc(Cl)cc1)S(=O)(=O)c1ccccc1)C(C)C(=O)NC1CCCC1. The van der Waals surface area contributed by atoms with Gasteiger partial charge in [0, 0.05) is 17.6 Å². The number of nitrogens with one attached hydrogen (secondary N) is 1. The largest absolute Gasteiger partial charge is 0.352 e. The monoisotopic (exact) mass is 567 g/mol. The summed E-state index contributed by atoms with van der Waals surface area (Å²) in [5.41, 5.74) is 2.16. The fourth-order valence-electron chi connectivity index (χ4n) is 4.80. The first-order chi connectivity index (χ1) is 18.7. The van der Waals surface area contributed by atoms with E-state index in [9.17, 15) is 18.0 Å². The number of hydrogen-bond acceptors (Lipinski definition) is 4. The quantitative estimate of drug-likeness (QED) is 0.359. The Balaban J connectivity index is 1.68. The van der Waals surface area contributed by atoms with Crippen LogP contribution in [0.3, 0.4) is 0 Å². The van der Waals surface area contributed by atoms with Gasteiger partial charge in [0.05, 0.1) is 10.6 Å². The van der Waals surface area contributed by atoms with Crippen molar-refractivity contribution in [2.45, 2.75) is 63.1 Å². The maximum Gasteiger partial charge on any atom is 0.264 e. The zero-order chi connectivity index (χ0) is 28.0. The summed E-state index contributed by atoms with van der Waals surface area (Å²) in [6, 6.07) is 21.2. The van der Waals surface area contributed by atoms with Crippen LogP contribution in [0.4, 0.5) is 5.69 Å². The van der Waals surface area contributed by atoms with E-state index in [2.05, 4.69) is 5.32 Å². The molecule has 9 heteroatoms. The van der Waals surface area contributed by atoms with Crippen LogP contribution in [-0.4, -0.2) is 43.8 Å². The summed E-state index contributed by atoms with van der Waals surface area (Å²) in [6.07, 6.45) is 3.98. The highest BCUT2D eigenvalue weighted by Gasteiger charge is 2.33. The maximum atomic E-state index is 14.0. The van der Waals surface area contributed by atoms with Crippen molar-refractivity contribution in [3.63, 3.8) is 0 Å². The molecular weight excluding hydrogens is 534 g/mol. The number of nitrogens with zero attached hydrogens (tertiary/aromatic N) is 2. The highest BCUT2D eigenvalue weighted by molar-refractivity contribution is 7.92. The second-order valence-corrected chi connectivity index (χ2v) is 12.2. The molecule has 3 aromatic carbocycles. The van der Waals surface area contributed by atoms with Gasteiger partial charge in [0.1, 0.15) is 12.6 Å². The van der Waals surface area contributed by atoms with Gasteiger partial charge in [0.2, 0.25) is 11.8 Å². The summed E-state index contributed by atoms with van der Waals surface area (Å²) in [5.74, 6) is -0.727. The molecule has 0 spiro atoms. The van der Waals surface area contributed by atoms with Gasteiger partial charge in [-0.3, -0.25) is 13.9 Å². The van der Waals surface area contributed by atoms with E-state index >= 15 is 0 Å². The molecule has 0 aromatic heterocycles. The molecule has 1 N–H and O–H groups in total. The molecule has 206 valence electrons. The first kappa shape index (κ1) is 28.6. The van der Waals surface area contributed by atoms with Gasteiger partial charge in [-0.25, -0.2) is 8.42 Å². The lowest BCUT2D eigenvalue weighted by Crippen LogP contribution is -2.52. The second-order valence-electron chi connectivity index (χ2n) is 9.92. The van der Waals surface area contributed by atoms with Gasteiger partial charge in [-0.1, -0.05) is 66.9 Å². The number of sulfonamides is 1. The van der Waals surface area contributed by atoms with Gasteiger partial charge in [0.25, 0.3) is 10.0 Å². The van der Waals surface area contributed by atoms with Crippen molar-refractivity contribution in [1.29, 1.82) is 0 Å². The molecule has 1 aliphatic rings. The number of rotatable bonds is 10. The molecule has 1 atom stereocenters. The Morgan fingerprint density at radius 2 is 1.56 bits per heavy atom. The van der Waals surface area contributed by atoms with Crippen molar-refractivity contribution < 1.29 is 18.0 Å². The zero-order valence-corrected chi connectivity index (χ0v) is 23.8. The Morgan fingerprint density at radius 1 is 0.949 bits per heavy atom. The Morgan fingerprint density at radius 3 is 2.21 bits per heavy atom. The third-order valence-corrected chi connectivity index (χ3v) is 9.24. The summed E-state index contributed by atoms with van der Waals surface area (Å²) in [4.78, 5) is 28.8. The van der Waals surface area contributed by atoms with E-state index in [1.165, 1.54) is 17.0 Å². The predicted molar refractivity (Wildman–Crippen MR) is 154 cm³/mol. The van der Waals surface area contributed by atoms with E-state index in [0.29, 0.717) is 10.7 Å². The van der Waals surface area contributed by atoms with Crippen LogP contribution >= 0.6 is 11.6 Å². The van der Waals surface area contributed by atoms with Crippen LogP contribution in [0.5, 0.6) is 0 Å². The van der Waals surface area contributed by atoms with Gasteiger partial charge in [-0.05, 0) is 74.2 Å². The third-order valence-electron chi connectivity index (χ3n) is 7.20. The van der Waals surface area contributed by atoms with Crippen molar-refractivity contribution in [3.8, 4) is 0 Å². The highest BCUT2D eigenvalue weighted by Crippen LogP contribution is 2.26. The molecule has 0 saturated heterocycles. The lowest BCUT2D eigenvalue weighted by atomic mass is 10.1. The van der Waals surface area contributed by atoms with Crippen LogP contribution in [0.25, 0.3) is 0 Å². The van der Waals surface area contributed by atoms with Gasteiger partial charge in [0.15, 0.2) is 0 Å². The molecule has 1 saturated carbocycles. The minimum atomic E-state index is -4.10. The average molecular weight is 568 g/mol. The summed E-state index contributed by atoms with van der Waals surface area (Å²) < 4.78 is 28.6. The van der Waals surface area contributed by atoms with Crippen molar-refractivity contribution in [2.75, 3.05) is 10.8 Å². The van der Waals surface area contributed by atoms with Crippen LogP contribution in [0.2, 0.25) is 5.02 Å². The van der Waals surface area contributed by atoms with E-state index < -0.39 is 28.5 Å². The molecule has 3 aromatic rings. The first-order valence-electron chi connectivity index (χ1n) is 13.1. The van der Waals surface area contributed by atoms with Crippen molar-refractivity contribution in [2.24, 2.45) is 0 Å². The van der Waals surface area contributed by atoms with Crippen molar-refractivity contribution in [3.05, 3.63) is 95.0 Å². The summed E-state index contributed by atoms with van der Waals surface area (Å²) in [5, 5.41) is 3.53. The Kier molecular flexibility index (Phi) is 9.30. The molecule has 1 unspecified atom stereocenters. The standard InChI is InChI=1S/C30H34ClN3O4S/c1-22-10-6-7-11-24(22)20-33(23(2)30(36)32-26-12-8-9-13-26)29(35)21-34(27-18-16-25(31)17-19-27)39(37,38)28-14-4-3-5-15-28/h3-7,10-11,14-19,23,26H,8-9,12-13,20-21H2,1-2H3,(H,32,36). The fraction of sp³-hybridized carbons (Fsp3) is 0.333. The number of carbonyl (C=O) groups excluding carboxylic acids is 2. The molecule has 4 rings (SSSR count). The number of carbonyl (C=O) groups is 2. The van der Waals surface area contributed by atoms with Gasteiger partial charge in [-0.15, -0.1) is 0 Å². The number of hydrogen-bond donors (Lipinski definition) is 1. The number of anilines is 1. The Bertz CT molecular complexity index is 1390. The summed E-state index contributed by atoms with van der Waals surface area (Å²) in [7, 11) is -4.10. The third kappa shape index (κ3) is 6.99. The van der Waals surface area contributed by atoms with Gasteiger partial charge >= 0.3 is 0 Å². The molecule has 0 radical (unpaired) electrons. The smallest absolute Gasteiger partial charge is 0.264 e. The topological polar surface area (TPSA) is 86.8 Å². The molecule has 0 aliphatic heterocycles. The zero-order valence-electron chi connectivity index (χ0n) is 22.2. The summed E-state index contributed by atoms with van der Waals surface area (Å²) >= 11 is 6.07. The van der Waals surface area contributed by atoms with Gasteiger partial charge in [-0.2, -0.15) is 0 Å². The molecule has 39 heavy (non-hydrogen) atoms. The number of aryl methyl sites for hydroxylation is 1. The van der Waals surface area contributed by atoms with Crippen molar-refractivity contribution >= 4 is 39.1 Å². The van der Waals surface area contributed by atoms with E-state index in [1.807, 2.05) is 31.2 Å². The Hall–Kier alpha value is -3.36. The molecule has 0 bridgehead atoms. The summed E-state index contributed by atoms with van der Waals surface area (Å²) in [6.45, 7) is 3.33. The average Bonchev–Trinajstić information content (AvgIpc) is 3.45. The van der Waals surface area contributed by atoms with Crippen molar-refractivity contribution in [1.82, 2.24) is 10.2 Å². The molecule has 7 nitrogen and oxygen atoms in total. The fourth-order valence-corrected chi connectivity index (χ4v) is 6.36. The molecule has 1 fully saturated rings. The predicted octanol–water partition coefficient (Wildman–Crippen LogP) is 5.32. The van der Waals surface area contributed by atoms with Crippen LogP contribution < -0.4 is 9.62 Å². The lowest BCUT2D eigenvalue weighted by Gasteiger charge is -2.32. The van der Waals surface area contributed by atoms with E-state index in [-0.39, 0.29) is 23.4 Å². The molecule has 1 aliphatic carbocycles. The van der Waals surface area contributed by atoms with E-state index in [1.54, 1.807) is 49.4 Å². The van der Waals surface area contributed by atoms with Crippen LogP contribution in [0, 0.1) is 6.92 Å². The minimum absolute atomic E-state index is 0.0604. The normalized spacial score (nSPS) is 14.5. The maximum absolute atomic E-state index is 14.0. The molecule has 0 heterocycles. The number of benzene rings is 3. The molecular formula is C30H34ClN3O4S. The van der Waals surface area contributed by atoms with E-state index in [4.69, 9.17) is 11.6 Å². The van der Waals surface area contributed by atoms with Crippen LogP contribution in [0.1, 0.15) is 43.7 Å². The minimum Gasteiger partial charge on any atom is -0.352 e. The number of halogens is 1. The van der Waals surface area contributed by atoms with Gasteiger partial charge < -0.3 is 10.2 Å². The molecule has 2 amide bonds. The highest BCUT2D eigenvalue weighted by atomic mass is 35.5. The van der Waals surface area contributed by atoms with Crippen LogP contribution in [0.15, 0.2) is 83.8 Å². The number of amides is 2.